The number of aromatic nitrogens is 5. The fourth-order valence-electron chi connectivity index (χ4n) is 2.37. The zero-order chi connectivity index (χ0) is 18.2. The van der Waals surface area contributed by atoms with E-state index in [1.165, 1.54) is 15.5 Å². The molecule has 0 aliphatic rings. The molecule has 3 aromatic heterocycles. The molecular formula is C14H15ClN6O3S. The molecule has 0 N–H and O–H groups in total. The normalized spacial score (nSPS) is 11.8. The monoisotopic (exact) mass is 382 g/mol. The van der Waals surface area contributed by atoms with Crippen LogP contribution in [0.4, 0.5) is 4.79 Å². The van der Waals surface area contributed by atoms with E-state index in [1.54, 1.807) is 18.2 Å². The first kappa shape index (κ1) is 17.4. The average Bonchev–Trinajstić information content (AvgIpc) is 3.20. The average molecular weight is 383 g/mol. The van der Waals surface area contributed by atoms with Gasteiger partial charge in [-0.2, -0.15) is 4.68 Å². The molecular weight excluding hydrogens is 368 g/mol. The number of hydrogen-bond acceptors (Lipinski definition) is 6. The van der Waals surface area contributed by atoms with Crippen molar-refractivity contribution in [3.05, 3.63) is 35.9 Å². The summed E-state index contributed by atoms with van der Waals surface area (Å²) in [5.74, 6) is 0. The highest BCUT2D eigenvalue weighted by molar-refractivity contribution is 7.91. The molecule has 0 bridgehead atoms. The van der Waals surface area contributed by atoms with Gasteiger partial charge in [0.25, 0.3) is 15.0 Å². The fourth-order valence-corrected chi connectivity index (χ4v) is 4.09. The number of nitrogens with zero attached hydrogens (tertiary/aromatic N) is 6. The van der Waals surface area contributed by atoms with Crippen LogP contribution < -0.4 is 0 Å². The number of carbonyl (C=O) groups excluding carboxylic acids is 1. The van der Waals surface area contributed by atoms with Crippen molar-refractivity contribution < 1.29 is 13.2 Å². The minimum Gasteiger partial charge on any atom is -0.323 e. The van der Waals surface area contributed by atoms with Crippen molar-refractivity contribution >= 4 is 33.1 Å². The number of rotatable bonds is 4. The first-order chi connectivity index (χ1) is 11.9. The molecule has 0 atom stereocenters. The number of fused-ring (bicyclic) bond motifs is 1. The molecule has 3 heterocycles. The van der Waals surface area contributed by atoms with E-state index in [4.69, 9.17) is 11.6 Å². The number of hydrogen-bond donors (Lipinski definition) is 0. The van der Waals surface area contributed by atoms with Gasteiger partial charge in [0.2, 0.25) is 0 Å². The highest BCUT2D eigenvalue weighted by Crippen LogP contribution is 2.26. The van der Waals surface area contributed by atoms with Crippen molar-refractivity contribution in [2.45, 2.75) is 24.0 Å². The molecule has 0 radical (unpaired) electrons. The molecule has 0 unspecified atom stereocenters. The number of imidazole rings is 1. The topological polar surface area (TPSA) is 102 Å². The Labute approximate surface area is 148 Å². The van der Waals surface area contributed by atoms with Crippen LogP contribution in [0.1, 0.15) is 13.8 Å². The summed E-state index contributed by atoms with van der Waals surface area (Å²) in [6, 6.07) is 4.54. The molecule has 3 rings (SSSR count). The van der Waals surface area contributed by atoms with E-state index in [-0.39, 0.29) is 10.2 Å². The first-order valence-electron chi connectivity index (χ1n) is 7.48. The maximum atomic E-state index is 12.9. The van der Waals surface area contributed by atoms with E-state index in [0.717, 1.165) is 11.0 Å². The van der Waals surface area contributed by atoms with E-state index in [0.29, 0.717) is 18.7 Å². The maximum absolute atomic E-state index is 12.9. The van der Waals surface area contributed by atoms with Gasteiger partial charge in [0.15, 0.2) is 10.2 Å². The summed E-state index contributed by atoms with van der Waals surface area (Å²) in [6.07, 6.45) is 2.60. The van der Waals surface area contributed by atoms with Gasteiger partial charge in [0, 0.05) is 19.3 Å². The van der Waals surface area contributed by atoms with E-state index >= 15 is 0 Å². The Morgan fingerprint density at radius 3 is 2.68 bits per heavy atom. The Hall–Kier alpha value is -2.46. The minimum absolute atomic E-state index is 0.183. The van der Waals surface area contributed by atoms with Gasteiger partial charge in [-0.05, 0) is 26.0 Å². The zero-order valence-electron chi connectivity index (χ0n) is 13.5. The quantitative estimate of drug-likeness (QED) is 0.680. The zero-order valence-corrected chi connectivity index (χ0v) is 15.1. The highest BCUT2D eigenvalue weighted by atomic mass is 35.5. The van der Waals surface area contributed by atoms with E-state index in [2.05, 4.69) is 15.1 Å². The van der Waals surface area contributed by atoms with Gasteiger partial charge in [0.1, 0.15) is 12.0 Å². The summed E-state index contributed by atoms with van der Waals surface area (Å²) < 4.78 is 28.0. The summed E-state index contributed by atoms with van der Waals surface area (Å²) in [6.45, 7) is 4.56. The standard InChI is InChI=1S/C14H15ClN6O3S/c1-3-19(4-2)14(22)21-9-16-13(18-21)25(23,24)12-11(15)17-10-7-5-6-8-20(10)12/h5-9H,3-4H2,1-2H3. The van der Waals surface area contributed by atoms with E-state index in [9.17, 15) is 13.2 Å². The molecule has 0 saturated heterocycles. The number of sulfone groups is 1. The van der Waals surface area contributed by atoms with Gasteiger partial charge in [-0.15, -0.1) is 5.10 Å². The number of halogens is 1. The highest BCUT2D eigenvalue weighted by Gasteiger charge is 2.31. The van der Waals surface area contributed by atoms with Crippen molar-refractivity contribution in [2.24, 2.45) is 0 Å². The van der Waals surface area contributed by atoms with Gasteiger partial charge < -0.3 is 4.90 Å². The van der Waals surface area contributed by atoms with Crippen LogP contribution in [0.5, 0.6) is 0 Å². The smallest absolute Gasteiger partial charge is 0.323 e. The van der Waals surface area contributed by atoms with Crippen LogP contribution in [0.3, 0.4) is 0 Å². The predicted molar refractivity (Wildman–Crippen MR) is 89.4 cm³/mol. The molecule has 9 nitrogen and oxygen atoms in total. The largest absolute Gasteiger partial charge is 0.346 e. The van der Waals surface area contributed by atoms with Crippen molar-refractivity contribution in [3.8, 4) is 0 Å². The molecule has 0 aromatic carbocycles. The molecule has 132 valence electrons. The lowest BCUT2D eigenvalue weighted by atomic mass is 10.5. The summed E-state index contributed by atoms with van der Waals surface area (Å²) in [7, 11) is -4.15. The second kappa shape index (κ2) is 6.45. The van der Waals surface area contributed by atoms with Gasteiger partial charge in [-0.3, -0.25) is 4.40 Å². The minimum atomic E-state index is -4.15. The number of amides is 1. The lowest BCUT2D eigenvalue weighted by Crippen LogP contribution is -2.34. The summed E-state index contributed by atoms with van der Waals surface area (Å²) in [5, 5.41) is 2.89. The van der Waals surface area contributed by atoms with Crippen molar-refractivity contribution in [3.63, 3.8) is 0 Å². The predicted octanol–water partition coefficient (Wildman–Crippen LogP) is 1.72. The Balaban J connectivity index is 2.07. The summed E-state index contributed by atoms with van der Waals surface area (Å²) in [4.78, 5) is 21.5. The third kappa shape index (κ3) is 2.87. The summed E-state index contributed by atoms with van der Waals surface area (Å²) >= 11 is 6.02. The molecule has 25 heavy (non-hydrogen) atoms. The lowest BCUT2D eigenvalue weighted by molar-refractivity contribution is 0.201. The molecule has 11 heteroatoms. The Morgan fingerprint density at radius 1 is 1.28 bits per heavy atom. The molecule has 0 saturated carbocycles. The van der Waals surface area contributed by atoms with Crippen LogP contribution in [0.15, 0.2) is 40.9 Å². The van der Waals surface area contributed by atoms with Gasteiger partial charge in [0.05, 0.1) is 0 Å². The van der Waals surface area contributed by atoms with Gasteiger partial charge in [-0.1, -0.05) is 17.7 Å². The Kier molecular flexibility index (Phi) is 4.48. The van der Waals surface area contributed by atoms with Crippen LogP contribution >= 0.6 is 11.6 Å². The summed E-state index contributed by atoms with van der Waals surface area (Å²) in [5.41, 5.74) is 0.379. The van der Waals surface area contributed by atoms with Crippen molar-refractivity contribution in [1.82, 2.24) is 29.0 Å². The second-order valence-corrected chi connectivity index (χ2v) is 7.18. The number of carbonyl (C=O) groups is 1. The molecule has 0 aliphatic carbocycles. The third-order valence-corrected chi connectivity index (χ3v) is 5.58. The fraction of sp³-hybridized carbons (Fsp3) is 0.286. The van der Waals surface area contributed by atoms with Crippen LogP contribution in [0, 0.1) is 0 Å². The SMILES string of the molecule is CCN(CC)C(=O)n1cnc(S(=O)(=O)c2c(Cl)nc3ccccn23)n1. The first-order valence-corrected chi connectivity index (χ1v) is 9.34. The van der Waals surface area contributed by atoms with Crippen molar-refractivity contribution in [1.29, 1.82) is 0 Å². The van der Waals surface area contributed by atoms with Gasteiger partial charge in [-0.25, -0.2) is 23.2 Å². The lowest BCUT2D eigenvalue weighted by Gasteiger charge is -2.17. The van der Waals surface area contributed by atoms with Crippen LogP contribution in [-0.4, -0.2) is 56.6 Å². The van der Waals surface area contributed by atoms with E-state index < -0.39 is 21.0 Å². The molecule has 3 aromatic rings. The second-order valence-electron chi connectivity index (χ2n) is 5.07. The molecule has 1 amide bonds. The van der Waals surface area contributed by atoms with E-state index in [1.807, 2.05) is 13.8 Å². The molecule has 0 fully saturated rings. The number of pyridine rings is 1. The maximum Gasteiger partial charge on any atom is 0.346 e. The van der Waals surface area contributed by atoms with Crippen LogP contribution in [0.2, 0.25) is 5.15 Å². The third-order valence-electron chi connectivity index (χ3n) is 3.64. The molecule has 0 aliphatic heterocycles. The van der Waals surface area contributed by atoms with Crippen LogP contribution in [0.25, 0.3) is 5.65 Å². The Bertz CT molecular complexity index is 1040. The van der Waals surface area contributed by atoms with Crippen LogP contribution in [-0.2, 0) is 9.84 Å². The molecule has 0 spiro atoms. The van der Waals surface area contributed by atoms with Gasteiger partial charge >= 0.3 is 6.03 Å². The van der Waals surface area contributed by atoms with Crippen molar-refractivity contribution in [2.75, 3.05) is 13.1 Å². The Morgan fingerprint density at radius 2 is 2.00 bits per heavy atom.